The lowest BCUT2D eigenvalue weighted by molar-refractivity contribution is -0.130. The smallest absolute Gasteiger partial charge is 0.224 e. The number of amides is 1. The number of carbonyl (C=O) groups excluding carboxylic acids is 1. The summed E-state index contributed by atoms with van der Waals surface area (Å²) < 4.78 is 0. The number of carbonyl (C=O) groups is 1. The number of aliphatic hydroxyl groups is 1. The molecule has 1 amide bonds. The van der Waals surface area contributed by atoms with Crippen molar-refractivity contribution >= 4 is 21.8 Å². The van der Waals surface area contributed by atoms with Gasteiger partial charge in [-0.15, -0.1) is 0 Å². The number of halogens is 1. The van der Waals surface area contributed by atoms with Crippen LogP contribution >= 0.6 is 15.9 Å². The van der Waals surface area contributed by atoms with Gasteiger partial charge in [-0.25, -0.2) is 0 Å². The van der Waals surface area contributed by atoms with Crippen LogP contribution in [0.15, 0.2) is 0 Å². The minimum atomic E-state index is -0.198. The van der Waals surface area contributed by atoms with Crippen molar-refractivity contribution in [2.45, 2.75) is 49.1 Å². The largest absolute Gasteiger partial charge is 0.393 e. The highest BCUT2D eigenvalue weighted by Crippen LogP contribution is 2.28. The molecule has 3 unspecified atom stereocenters. The molecule has 2 rings (SSSR count). The van der Waals surface area contributed by atoms with Crippen molar-refractivity contribution in [1.29, 1.82) is 0 Å². The van der Waals surface area contributed by atoms with Crippen molar-refractivity contribution in [3.8, 4) is 0 Å². The highest BCUT2D eigenvalue weighted by atomic mass is 79.9. The lowest BCUT2D eigenvalue weighted by Crippen LogP contribution is -2.41. The van der Waals surface area contributed by atoms with Crippen LogP contribution in [0.5, 0.6) is 0 Å². The van der Waals surface area contributed by atoms with Gasteiger partial charge in [0.1, 0.15) is 0 Å². The molecule has 14 heavy (non-hydrogen) atoms. The quantitative estimate of drug-likeness (QED) is 0.723. The van der Waals surface area contributed by atoms with E-state index in [0.29, 0.717) is 11.2 Å². The highest BCUT2D eigenvalue weighted by Gasteiger charge is 2.35. The molecule has 2 aliphatic rings. The van der Waals surface area contributed by atoms with Gasteiger partial charge in [0.2, 0.25) is 5.91 Å². The van der Waals surface area contributed by atoms with Crippen LogP contribution in [0.4, 0.5) is 0 Å². The molecule has 2 fully saturated rings. The number of hydrogen-bond donors (Lipinski definition) is 1. The average molecular weight is 262 g/mol. The predicted molar refractivity (Wildman–Crippen MR) is 57.3 cm³/mol. The van der Waals surface area contributed by atoms with Gasteiger partial charge in [0.05, 0.1) is 6.10 Å². The zero-order chi connectivity index (χ0) is 10.1. The van der Waals surface area contributed by atoms with E-state index in [1.807, 2.05) is 4.90 Å². The molecule has 0 spiro atoms. The molecule has 1 aliphatic carbocycles. The Morgan fingerprint density at radius 2 is 2.21 bits per heavy atom. The van der Waals surface area contributed by atoms with Crippen molar-refractivity contribution in [2.24, 2.45) is 0 Å². The van der Waals surface area contributed by atoms with E-state index in [9.17, 15) is 9.90 Å². The van der Waals surface area contributed by atoms with Gasteiger partial charge in [0, 0.05) is 23.8 Å². The summed E-state index contributed by atoms with van der Waals surface area (Å²) in [7, 11) is 0. The maximum Gasteiger partial charge on any atom is 0.224 e. The Bertz CT molecular complexity index is 234. The molecule has 1 saturated heterocycles. The lowest BCUT2D eigenvalue weighted by Gasteiger charge is -2.33. The second-order valence-electron chi connectivity index (χ2n) is 4.32. The predicted octanol–water partition coefficient (Wildman–Crippen LogP) is 1.29. The van der Waals surface area contributed by atoms with E-state index in [1.54, 1.807) is 0 Å². The van der Waals surface area contributed by atoms with E-state index in [-0.39, 0.29) is 18.1 Å². The lowest BCUT2D eigenvalue weighted by atomic mass is 9.92. The summed E-state index contributed by atoms with van der Waals surface area (Å²) in [5, 5.41) is 9.54. The molecule has 0 radical (unpaired) electrons. The molecular formula is C10H16BrNO2. The highest BCUT2D eigenvalue weighted by molar-refractivity contribution is 9.09. The van der Waals surface area contributed by atoms with E-state index in [1.165, 1.54) is 0 Å². The van der Waals surface area contributed by atoms with Crippen LogP contribution in [0.25, 0.3) is 0 Å². The van der Waals surface area contributed by atoms with Crippen molar-refractivity contribution < 1.29 is 9.90 Å². The van der Waals surface area contributed by atoms with Crippen LogP contribution < -0.4 is 0 Å². The first-order valence-corrected chi connectivity index (χ1v) is 6.20. The Morgan fingerprint density at radius 3 is 2.79 bits per heavy atom. The van der Waals surface area contributed by atoms with Crippen molar-refractivity contribution in [3.05, 3.63) is 0 Å². The van der Waals surface area contributed by atoms with Gasteiger partial charge in [-0.05, 0) is 25.7 Å². The number of hydrogen-bond acceptors (Lipinski definition) is 2. The van der Waals surface area contributed by atoms with Crippen molar-refractivity contribution in [3.63, 3.8) is 0 Å². The van der Waals surface area contributed by atoms with E-state index in [4.69, 9.17) is 0 Å². The van der Waals surface area contributed by atoms with E-state index in [0.717, 1.165) is 32.2 Å². The summed E-state index contributed by atoms with van der Waals surface area (Å²) in [6, 6.07) is 0.286. The first-order chi connectivity index (χ1) is 6.66. The van der Waals surface area contributed by atoms with Gasteiger partial charge >= 0.3 is 0 Å². The van der Waals surface area contributed by atoms with Gasteiger partial charge in [0.15, 0.2) is 0 Å². The van der Waals surface area contributed by atoms with Crippen molar-refractivity contribution in [1.82, 2.24) is 4.90 Å². The number of nitrogens with zero attached hydrogens (tertiary/aromatic N) is 1. The van der Waals surface area contributed by atoms with Crippen LogP contribution in [0.3, 0.4) is 0 Å². The van der Waals surface area contributed by atoms with Gasteiger partial charge < -0.3 is 10.0 Å². The van der Waals surface area contributed by atoms with Gasteiger partial charge in [-0.1, -0.05) is 15.9 Å². The molecule has 4 heteroatoms. The van der Waals surface area contributed by atoms with Gasteiger partial charge in [0.25, 0.3) is 0 Å². The van der Waals surface area contributed by atoms with E-state index >= 15 is 0 Å². The molecule has 80 valence electrons. The Morgan fingerprint density at radius 1 is 1.43 bits per heavy atom. The second-order valence-corrected chi connectivity index (χ2v) is 5.62. The summed E-state index contributed by atoms with van der Waals surface area (Å²) in [6.45, 7) is 0.816. The van der Waals surface area contributed by atoms with Crippen LogP contribution in [0.1, 0.15) is 32.1 Å². The first-order valence-electron chi connectivity index (χ1n) is 5.28. The third-order valence-electron chi connectivity index (χ3n) is 3.17. The SMILES string of the molecule is O=C1CC(Br)CN1C1CCCC(O)C1. The molecular weight excluding hydrogens is 246 g/mol. The summed E-state index contributed by atoms with van der Waals surface area (Å²) in [5.41, 5.74) is 0. The van der Waals surface area contributed by atoms with E-state index in [2.05, 4.69) is 15.9 Å². The zero-order valence-corrected chi connectivity index (χ0v) is 9.74. The Labute approximate surface area is 92.6 Å². The molecule has 3 atom stereocenters. The summed E-state index contributed by atoms with van der Waals surface area (Å²) in [6.07, 6.45) is 4.19. The Hall–Kier alpha value is -0.0900. The molecule has 3 nitrogen and oxygen atoms in total. The van der Waals surface area contributed by atoms with Gasteiger partial charge in [-0.3, -0.25) is 4.79 Å². The number of likely N-dealkylation sites (tertiary alicyclic amines) is 1. The summed E-state index contributed by atoms with van der Waals surface area (Å²) >= 11 is 3.48. The Kier molecular flexibility index (Phi) is 3.12. The molecule has 1 saturated carbocycles. The fourth-order valence-electron chi connectivity index (χ4n) is 2.46. The molecule has 0 bridgehead atoms. The number of rotatable bonds is 1. The van der Waals surface area contributed by atoms with Crippen LogP contribution in [0, 0.1) is 0 Å². The second kappa shape index (κ2) is 4.19. The third-order valence-corrected chi connectivity index (χ3v) is 3.78. The maximum absolute atomic E-state index is 11.6. The minimum absolute atomic E-state index is 0.198. The fourth-order valence-corrected chi connectivity index (χ4v) is 3.05. The fraction of sp³-hybridized carbons (Fsp3) is 0.900. The number of alkyl halides is 1. The molecule has 1 heterocycles. The average Bonchev–Trinajstić information content (AvgIpc) is 2.45. The summed E-state index contributed by atoms with van der Waals surface area (Å²) in [4.78, 5) is 13.9. The first kappa shape index (κ1) is 10.4. The van der Waals surface area contributed by atoms with Crippen molar-refractivity contribution in [2.75, 3.05) is 6.54 Å². The van der Waals surface area contributed by atoms with Crippen LogP contribution in [-0.2, 0) is 4.79 Å². The number of aliphatic hydroxyl groups excluding tert-OH is 1. The van der Waals surface area contributed by atoms with Gasteiger partial charge in [-0.2, -0.15) is 0 Å². The molecule has 0 aromatic carbocycles. The normalized spacial score (nSPS) is 39.1. The molecule has 0 aromatic rings. The molecule has 1 N–H and O–H groups in total. The van der Waals surface area contributed by atoms with Crippen LogP contribution in [-0.4, -0.2) is 39.4 Å². The standard InChI is InChI=1S/C10H16BrNO2/c11-7-4-10(14)12(6-7)8-2-1-3-9(13)5-8/h7-9,13H,1-6H2. The minimum Gasteiger partial charge on any atom is -0.393 e. The molecule has 0 aromatic heterocycles. The van der Waals surface area contributed by atoms with Crippen LogP contribution in [0.2, 0.25) is 0 Å². The summed E-state index contributed by atoms with van der Waals surface area (Å²) in [5.74, 6) is 0.242. The Balaban J connectivity index is 1.97. The topological polar surface area (TPSA) is 40.5 Å². The monoisotopic (exact) mass is 261 g/mol. The van der Waals surface area contributed by atoms with E-state index < -0.39 is 0 Å². The maximum atomic E-state index is 11.6. The zero-order valence-electron chi connectivity index (χ0n) is 8.16. The third kappa shape index (κ3) is 2.11. The molecule has 1 aliphatic heterocycles.